The fourth-order valence-corrected chi connectivity index (χ4v) is 3.20. The molecule has 0 aliphatic rings. The molecule has 136 valence electrons. The number of halogens is 2. The second-order valence-corrected chi connectivity index (χ2v) is 6.86. The van der Waals surface area contributed by atoms with Gasteiger partial charge in [0.2, 0.25) is 0 Å². The molecule has 3 aromatic rings. The summed E-state index contributed by atoms with van der Waals surface area (Å²) in [6, 6.07) is 20.2. The highest BCUT2D eigenvalue weighted by Gasteiger charge is 2.14. The molecule has 0 atom stereocenters. The first-order chi connectivity index (χ1) is 13.0. The summed E-state index contributed by atoms with van der Waals surface area (Å²) < 4.78 is 0.409. The Morgan fingerprint density at radius 3 is 2.37 bits per heavy atom. The number of rotatable bonds is 6. The van der Waals surface area contributed by atoms with Gasteiger partial charge in [0.1, 0.15) is 5.69 Å². The number of benzene rings is 3. The second-order valence-electron chi connectivity index (χ2n) is 5.60. The van der Waals surface area contributed by atoms with Crippen LogP contribution in [0.2, 0.25) is 5.02 Å². The Hall–Kier alpha value is -2.77. The van der Waals surface area contributed by atoms with E-state index in [0.717, 1.165) is 12.2 Å². The van der Waals surface area contributed by atoms with Crippen LogP contribution in [0.15, 0.2) is 81.4 Å². The van der Waals surface area contributed by atoms with Crippen molar-refractivity contribution in [1.29, 1.82) is 0 Å². The van der Waals surface area contributed by atoms with E-state index in [1.807, 2.05) is 42.5 Å². The summed E-state index contributed by atoms with van der Waals surface area (Å²) in [5, 5.41) is 22.6. The van der Waals surface area contributed by atoms with Gasteiger partial charge < -0.3 is 5.32 Å². The minimum absolute atomic E-state index is 0.111. The van der Waals surface area contributed by atoms with Crippen molar-refractivity contribution in [2.24, 2.45) is 10.2 Å². The molecule has 0 radical (unpaired) electrons. The third-order valence-electron chi connectivity index (χ3n) is 3.68. The normalized spacial score (nSPS) is 10.9. The van der Waals surface area contributed by atoms with Crippen LogP contribution in [0.5, 0.6) is 0 Å². The summed E-state index contributed by atoms with van der Waals surface area (Å²) in [5.41, 5.74) is 3.03. The van der Waals surface area contributed by atoms with E-state index in [0.29, 0.717) is 15.8 Å². The average Bonchev–Trinajstić information content (AvgIpc) is 2.67. The Labute approximate surface area is 169 Å². The number of hydrogen-bond donors (Lipinski definition) is 1. The molecule has 1 N–H and O–H groups in total. The minimum atomic E-state index is -0.515. The largest absolute Gasteiger partial charge is 0.381 e. The van der Waals surface area contributed by atoms with Gasteiger partial charge in [-0.05, 0) is 45.8 Å². The maximum atomic E-state index is 10.8. The van der Waals surface area contributed by atoms with Crippen LogP contribution in [-0.2, 0) is 6.54 Å². The highest BCUT2D eigenvalue weighted by molar-refractivity contribution is 9.10. The van der Waals surface area contributed by atoms with Crippen LogP contribution in [0.3, 0.4) is 0 Å². The van der Waals surface area contributed by atoms with Crippen molar-refractivity contribution in [3.63, 3.8) is 0 Å². The van der Waals surface area contributed by atoms with Crippen molar-refractivity contribution in [2.45, 2.75) is 6.54 Å². The van der Waals surface area contributed by atoms with Crippen LogP contribution < -0.4 is 5.32 Å². The van der Waals surface area contributed by atoms with Crippen molar-refractivity contribution in [3.05, 3.63) is 91.9 Å². The monoisotopic (exact) mass is 444 g/mol. The highest BCUT2D eigenvalue weighted by Crippen LogP contribution is 2.38. The van der Waals surface area contributed by atoms with E-state index >= 15 is 0 Å². The Kier molecular flexibility index (Phi) is 6.16. The molecule has 3 aromatic carbocycles. The van der Waals surface area contributed by atoms with E-state index in [4.69, 9.17) is 11.6 Å². The highest BCUT2D eigenvalue weighted by atomic mass is 79.9. The number of non-ortho nitro benzene ring substituents is 1. The van der Waals surface area contributed by atoms with E-state index in [-0.39, 0.29) is 10.7 Å². The first-order valence-corrected chi connectivity index (χ1v) is 9.13. The van der Waals surface area contributed by atoms with Gasteiger partial charge in [0.15, 0.2) is 0 Å². The van der Waals surface area contributed by atoms with Crippen molar-refractivity contribution in [3.8, 4) is 0 Å². The van der Waals surface area contributed by atoms with Crippen LogP contribution in [0.1, 0.15) is 5.56 Å². The zero-order valence-electron chi connectivity index (χ0n) is 14.0. The number of nitrogens with zero attached hydrogens (tertiary/aromatic N) is 3. The van der Waals surface area contributed by atoms with Crippen LogP contribution in [0.4, 0.5) is 22.7 Å². The molecule has 27 heavy (non-hydrogen) atoms. The molecule has 0 saturated heterocycles. The number of hydrogen-bond acceptors (Lipinski definition) is 5. The van der Waals surface area contributed by atoms with Crippen LogP contribution in [0, 0.1) is 10.1 Å². The average molecular weight is 446 g/mol. The van der Waals surface area contributed by atoms with Crippen LogP contribution in [0.25, 0.3) is 0 Å². The van der Waals surface area contributed by atoms with E-state index < -0.39 is 4.92 Å². The maximum absolute atomic E-state index is 10.8. The topological polar surface area (TPSA) is 79.9 Å². The van der Waals surface area contributed by atoms with Crippen LogP contribution >= 0.6 is 27.5 Å². The standard InChI is InChI=1S/C19H14BrClN4O2/c20-17-10-16(25(26)27)11-18(21)19(17)24-23-15-8-6-14(7-9-15)22-12-13-4-2-1-3-5-13/h1-11,22H,12H2. The van der Waals surface area contributed by atoms with Gasteiger partial charge in [0, 0.05) is 24.4 Å². The van der Waals surface area contributed by atoms with Crippen molar-refractivity contribution < 1.29 is 4.92 Å². The molecule has 0 aromatic heterocycles. The minimum Gasteiger partial charge on any atom is -0.381 e. The molecule has 0 unspecified atom stereocenters. The van der Waals surface area contributed by atoms with Gasteiger partial charge in [-0.15, -0.1) is 5.11 Å². The number of nitrogens with one attached hydrogen (secondary N) is 1. The quantitative estimate of drug-likeness (QED) is 0.251. The lowest BCUT2D eigenvalue weighted by atomic mass is 10.2. The van der Waals surface area contributed by atoms with Gasteiger partial charge in [-0.1, -0.05) is 41.9 Å². The predicted octanol–water partition coefficient (Wildman–Crippen LogP) is 7.04. The summed E-state index contributed by atoms with van der Waals surface area (Å²) in [6.07, 6.45) is 0. The summed E-state index contributed by atoms with van der Waals surface area (Å²) in [7, 11) is 0. The molecule has 8 heteroatoms. The molecular formula is C19H14BrClN4O2. The molecule has 0 heterocycles. The van der Waals surface area contributed by atoms with E-state index in [9.17, 15) is 10.1 Å². The summed E-state index contributed by atoms with van der Waals surface area (Å²) in [6.45, 7) is 0.729. The molecule has 6 nitrogen and oxygen atoms in total. The zero-order valence-corrected chi connectivity index (χ0v) is 16.3. The number of nitro benzene ring substituents is 1. The Morgan fingerprint density at radius 1 is 1.04 bits per heavy atom. The summed E-state index contributed by atoms with van der Waals surface area (Å²) in [5.74, 6) is 0. The molecule has 0 amide bonds. The SMILES string of the molecule is O=[N+]([O-])c1cc(Cl)c(N=Nc2ccc(NCc3ccccc3)cc2)c(Br)c1. The lowest BCUT2D eigenvalue weighted by molar-refractivity contribution is -0.384. The van der Waals surface area contributed by atoms with E-state index in [1.54, 1.807) is 0 Å². The van der Waals surface area contributed by atoms with Gasteiger partial charge in [-0.3, -0.25) is 10.1 Å². The van der Waals surface area contributed by atoms with Gasteiger partial charge in [-0.2, -0.15) is 5.11 Å². The van der Waals surface area contributed by atoms with Gasteiger partial charge in [0.25, 0.3) is 5.69 Å². The zero-order chi connectivity index (χ0) is 19.2. The molecule has 0 aliphatic carbocycles. The molecule has 3 rings (SSSR count). The van der Waals surface area contributed by atoms with Crippen molar-refractivity contribution >= 4 is 50.3 Å². The number of anilines is 1. The Bertz CT molecular complexity index is 956. The third-order valence-corrected chi connectivity index (χ3v) is 4.58. The lowest BCUT2D eigenvalue weighted by Crippen LogP contribution is -1.98. The predicted molar refractivity (Wildman–Crippen MR) is 110 cm³/mol. The van der Waals surface area contributed by atoms with Gasteiger partial charge >= 0.3 is 0 Å². The van der Waals surface area contributed by atoms with Crippen molar-refractivity contribution in [2.75, 3.05) is 5.32 Å². The number of azo groups is 1. The molecule has 0 spiro atoms. The Balaban J connectivity index is 1.68. The lowest BCUT2D eigenvalue weighted by Gasteiger charge is -2.06. The van der Waals surface area contributed by atoms with Crippen molar-refractivity contribution in [1.82, 2.24) is 0 Å². The van der Waals surface area contributed by atoms with Gasteiger partial charge in [0.05, 0.1) is 20.1 Å². The smallest absolute Gasteiger partial charge is 0.272 e. The molecule has 0 bridgehead atoms. The first kappa shape index (κ1) is 19.0. The number of nitro groups is 1. The molecule has 0 aliphatic heterocycles. The van der Waals surface area contributed by atoms with Gasteiger partial charge in [-0.25, -0.2) is 0 Å². The van der Waals surface area contributed by atoms with Crippen LogP contribution in [-0.4, -0.2) is 4.92 Å². The molecule has 0 fully saturated rings. The van der Waals surface area contributed by atoms with E-state index in [1.165, 1.54) is 17.7 Å². The fraction of sp³-hybridized carbons (Fsp3) is 0.0526. The fourth-order valence-electron chi connectivity index (χ4n) is 2.31. The third kappa shape index (κ3) is 5.12. The Morgan fingerprint density at radius 2 is 1.74 bits per heavy atom. The molecular weight excluding hydrogens is 432 g/mol. The molecule has 0 saturated carbocycles. The second kappa shape index (κ2) is 8.75. The summed E-state index contributed by atoms with van der Waals surface area (Å²) >= 11 is 9.31. The first-order valence-electron chi connectivity index (χ1n) is 7.96. The summed E-state index contributed by atoms with van der Waals surface area (Å²) in [4.78, 5) is 10.3. The van der Waals surface area contributed by atoms with E-state index in [2.05, 4.69) is 43.6 Å². The maximum Gasteiger partial charge on any atom is 0.272 e.